The molecular weight excluding hydrogens is 348 g/mol. The smallest absolute Gasteiger partial charge is 0.377 e. The standard InChI is InChI=1S/C16H17ClN4O2S/c1-3-23-16(22)15-19-21(12-8-6-11(17)7-9-12)14(18-20(15)2)13-5-4-10-24-13/h4-10,14,18H,3H2,1-2H3. The first-order valence-corrected chi connectivity index (χ1v) is 8.69. The molecule has 1 aliphatic rings. The Labute approximate surface area is 149 Å². The third kappa shape index (κ3) is 3.38. The van der Waals surface area contributed by atoms with Gasteiger partial charge in [0.15, 0.2) is 6.17 Å². The van der Waals surface area contributed by atoms with Crippen molar-refractivity contribution < 1.29 is 9.53 Å². The van der Waals surface area contributed by atoms with Crippen molar-refractivity contribution in [1.82, 2.24) is 10.4 Å². The van der Waals surface area contributed by atoms with Crippen molar-refractivity contribution in [3.8, 4) is 0 Å². The van der Waals surface area contributed by atoms with Crippen LogP contribution in [0.4, 0.5) is 5.69 Å². The fourth-order valence-electron chi connectivity index (χ4n) is 2.33. The number of carbonyl (C=O) groups excluding carboxylic acids is 1. The van der Waals surface area contributed by atoms with Gasteiger partial charge in [0.05, 0.1) is 12.3 Å². The Morgan fingerprint density at radius 2 is 2.12 bits per heavy atom. The van der Waals surface area contributed by atoms with Crippen molar-refractivity contribution in [1.29, 1.82) is 0 Å². The molecule has 2 heterocycles. The van der Waals surface area contributed by atoms with Crippen LogP contribution in [0.25, 0.3) is 0 Å². The molecule has 0 aliphatic carbocycles. The van der Waals surface area contributed by atoms with E-state index in [9.17, 15) is 4.79 Å². The quantitative estimate of drug-likeness (QED) is 0.844. The van der Waals surface area contributed by atoms with Crippen LogP contribution in [0.15, 0.2) is 46.9 Å². The van der Waals surface area contributed by atoms with Gasteiger partial charge in [0, 0.05) is 16.9 Å². The number of hydrogen-bond donors (Lipinski definition) is 1. The van der Waals surface area contributed by atoms with Crippen LogP contribution in [0.1, 0.15) is 18.0 Å². The fraction of sp³-hybridized carbons (Fsp3) is 0.250. The van der Waals surface area contributed by atoms with Crippen molar-refractivity contribution in [3.63, 3.8) is 0 Å². The molecular formula is C16H17ClN4O2S. The van der Waals surface area contributed by atoms with Gasteiger partial charge in [-0.05, 0) is 42.6 Å². The van der Waals surface area contributed by atoms with Crippen LogP contribution in [0, 0.1) is 0 Å². The number of hydrazone groups is 1. The first kappa shape index (κ1) is 16.8. The monoisotopic (exact) mass is 364 g/mol. The van der Waals surface area contributed by atoms with Gasteiger partial charge in [-0.1, -0.05) is 17.7 Å². The van der Waals surface area contributed by atoms with Gasteiger partial charge in [0.2, 0.25) is 5.84 Å². The molecule has 1 atom stereocenters. The molecule has 1 unspecified atom stereocenters. The van der Waals surface area contributed by atoms with E-state index in [1.54, 1.807) is 47.5 Å². The number of benzene rings is 1. The van der Waals surface area contributed by atoms with E-state index in [1.807, 2.05) is 29.6 Å². The minimum absolute atomic E-state index is 0.194. The summed E-state index contributed by atoms with van der Waals surface area (Å²) in [5.74, 6) is -0.282. The molecule has 1 aliphatic heterocycles. The highest BCUT2D eigenvalue weighted by molar-refractivity contribution is 7.10. The predicted octanol–water partition coefficient (Wildman–Crippen LogP) is 3.23. The summed E-state index contributed by atoms with van der Waals surface area (Å²) < 4.78 is 5.08. The molecule has 8 heteroatoms. The summed E-state index contributed by atoms with van der Waals surface area (Å²) in [6.07, 6.45) is -0.227. The average Bonchev–Trinajstić information content (AvgIpc) is 3.10. The summed E-state index contributed by atoms with van der Waals surface area (Å²) in [5, 5.41) is 10.5. The Morgan fingerprint density at radius 3 is 2.75 bits per heavy atom. The normalized spacial score (nSPS) is 17.6. The first-order valence-electron chi connectivity index (χ1n) is 7.44. The van der Waals surface area contributed by atoms with E-state index in [4.69, 9.17) is 16.3 Å². The number of likely N-dealkylation sites (N-methyl/N-ethyl adjacent to an activating group) is 1. The van der Waals surface area contributed by atoms with Crippen molar-refractivity contribution in [2.75, 3.05) is 18.7 Å². The molecule has 0 saturated heterocycles. The second-order valence-corrected chi connectivity index (χ2v) is 6.49. The highest BCUT2D eigenvalue weighted by Gasteiger charge is 2.32. The molecule has 1 aromatic heterocycles. The van der Waals surface area contributed by atoms with Gasteiger partial charge in [-0.3, -0.25) is 5.01 Å². The van der Waals surface area contributed by atoms with Crippen LogP contribution < -0.4 is 10.4 Å². The maximum atomic E-state index is 12.2. The predicted molar refractivity (Wildman–Crippen MR) is 96.0 cm³/mol. The van der Waals surface area contributed by atoms with E-state index in [0.29, 0.717) is 11.6 Å². The number of nitrogens with zero attached hydrogens (tertiary/aromatic N) is 3. The molecule has 3 rings (SSSR count). The number of hydrazine groups is 1. The van der Waals surface area contributed by atoms with Crippen molar-refractivity contribution in [2.45, 2.75) is 13.1 Å². The van der Waals surface area contributed by atoms with Gasteiger partial charge in [-0.25, -0.2) is 15.2 Å². The Balaban J connectivity index is 2.02. The lowest BCUT2D eigenvalue weighted by atomic mass is 10.2. The molecule has 0 fully saturated rings. The zero-order chi connectivity index (χ0) is 17.1. The van der Waals surface area contributed by atoms with Gasteiger partial charge in [0.1, 0.15) is 0 Å². The highest BCUT2D eigenvalue weighted by Crippen LogP contribution is 2.31. The number of hydrogen-bond acceptors (Lipinski definition) is 7. The number of halogens is 1. The van der Waals surface area contributed by atoms with Crippen LogP contribution in [-0.4, -0.2) is 30.5 Å². The van der Waals surface area contributed by atoms with E-state index in [1.165, 1.54) is 0 Å². The number of carbonyl (C=O) groups is 1. The molecule has 0 bridgehead atoms. The number of ether oxygens (including phenoxy) is 1. The third-order valence-corrected chi connectivity index (χ3v) is 4.62. The maximum absolute atomic E-state index is 12.2. The molecule has 126 valence electrons. The Kier molecular flexibility index (Phi) is 5.03. The number of nitrogens with one attached hydrogen (secondary N) is 1. The third-order valence-electron chi connectivity index (χ3n) is 3.44. The van der Waals surface area contributed by atoms with E-state index in [-0.39, 0.29) is 12.0 Å². The zero-order valence-electron chi connectivity index (χ0n) is 13.3. The number of anilines is 1. The summed E-state index contributed by atoms with van der Waals surface area (Å²) in [4.78, 5) is 13.2. The summed E-state index contributed by atoms with van der Waals surface area (Å²) in [6.45, 7) is 2.06. The number of rotatable bonds is 4. The molecule has 0 amide bonds. The molecule has 2 aromatic rings. The van der Waals surface area contributed by atoms with E-state index >= 15 is 0 Å². The Hall–Kier alpha value is -2.09. The van der Waals surface area contributed by atoms with Crippen molar-refractivity contribution >= 4 is 40.4 Å². The van der Waals surface area contributed by atoms with Crippen molar-refractivity contribution in [3.05, 3.63) is 51.7 Å². The SMILES string of the molecule is CCOC(=O)C1=NN(c2ccc(Cl)cc2)C(c2cccs2)NN1C. The topological polar surface area (TPSA) is 57.2 Å². The lowest BCUT2D eigenvalue weighted by molar-refractivity contribution is -0.136. The van der Waals surface area contributed by atoms with Crippen LogP contribution in [-0.2, 0) is 9.53 Å². The fourth-order valence-corrected chi connectivity index (χ4v) is 3.21. The average molecular weight is 365 g/mol. The first-order chi connectivity index (χ1) is 11.6. The lowest BCUT2D eigenvalue weighted by Gasteiger charge is -2.38. The number of amidine groups is 1. The molecule has 1 aromatic carbocycles. The van der Waals surface area contributed by atoms with Gasteiger partial charge in [-0.2, -0.15) is 0 Å². The van der Waals surface area contributed by atoms with E-state index in [2.05, 4.69) is 10.5 Å². The Morgan fingerprint density at radius 1 is 1.38 bits per heavy atom. The Bertz CT molecular complexity index is 733. The minimum atomic E-state index is -0.476. The summed E-state index contributed by atoms with van der Waals surface area (Å²) >= 11 is 7.59. The molecule has 0 radical (unpaired) electrons. The summed E-state index contributed by atoms with van der Waals surface area (Å²) in [6, 6.07) is 11.3. The molecule has 0 spiro atoms. The van der Waals surface area contributed by atoms with Gasteiger partial charge in [-0.15, -0.1) is 16.4 Å². The van der Waals surface area contributed by atoms with Crippen LogP contribution in [0.3, 0.4) is 0 Å². The molecule has 0 saturated carbocycles. The lowest BCUT2D eigenvalue weighted by Crippen LogP contribution is -2.54. The van der Waals surface area contributed by atoms with Crippen LogP contribution in [0.5, 0.6) is 0 Å². The summed E-state index contributed by atoms with van der Waals surface area (Å²) in [7, 11) is 1.75. The summed E-state index contributed by atoms with van der Waals surface area (Å²) in [5.41, 5.74) is 4.10. The minimum Gasteiger partial charge on any atom is -0.460 e. The second-order valence-electron chi connectivity index (χ2n) is 5.07. The van der Waals surface area contributed by atoms with Crippen molar-refractivity contribution in [2.24, 2.45) is 5.10 Å². The number of esters is 1. The van der Waals surface area contributed by atoms with Gasteiger partial charge >= 0.3 is 5.97 Å². The maximum Gasteiger partial charge on any atom is 0.377 e. The number of thiophene rings is 1. The van der Waals surface area contributed by atoms with Crippen LogP contribution >= 0.6 is 22.9 Å². The van der Waals surface area contributed by atoms with Gasteiger partial charge in [0.25, 0.3) is 0 Å². The largest absolute Gasteiger partial charge is 0.460 e. The molecule has 1 N–H and O–H groups in total. The van der Waals surface area contributed by atoms with E-state index in [0.717, 1.165) is 10.6 Å². The molecule has 24 heavy (non-hydrogen) atoms. The second kappa shape index (κ2) is 7.21. The van der Waals surface area contributed by atoms with E-state index < -0.39 is 5.97 Å². The highest BCUT2D eigenvalue weighted by atomic mass is 35.5. The van der Waals surface area contributed by atoms with Gasteiger partial charge < -0.3 is 4.74 Å². The molecule has 6 nitrogen and oxygen atoms in total. The zero-order valence-corrected chi connectivity index (χ0v) is 14.8. The van der Waals surface area contributed by atoms with Crippen LogP contribution in [0.2, 0.25) is 5.02 Å².